The summed E-state index contributed by atoms with van der Waals surface area (Å²) in [6.07, 6.45) is 0.631. The van der Waals surface area contributed by atoms with Crippen LogP contribution in [0.4, 0.5) is 4.39 Å². The van der Waals surface area contributed by atoms with Crippen LogP contribution in [0, 0.1) is 12.7 Å². The third-order valence-corrected chi connectivity index (χ3v) is 2.15. The van der Waals surface area contributed by atoms with Gasteiger partial charge in [-0.15, -0.1) is 0 Å². The highest BCUT2D eigenvalue weighted by Gasteiger charge is 2.19. The zero-order valence-corrected chi connectivity index (χ0v) is 8.60. The Morgan fingerprint density at radius 1 is 1.43 bits per heavy atom. The minimum Gasteiger partial charge on any atom is -0.322 e. The topological polar surface area (TPSA) is 43.1 Å². The van der Waals surface area contributed by atoms with E-state index in [2.05, 4.69) is 0 Å². The molecule has 0 aliphatic rings. The van der Waals surface area contributed by atoms with Gasteiger partial charge in [0.05, 0.1) is 0 Å². The highest BCUT2D eigenvalue weighted by molar-refractivity contribution is 5.78. The third kappa shape index (κ3) is 1.99. The third-order valence-electron chi connectivity index (χ3n) is 2.15. The van der Waals surface area contributed by atoms with Crippen molar-refractivity contribution < 1.29 is 9.18 Å². The van der Waals surface area contributed by atoms with Crippen LogP contribution >= 0.6 is 0 Å². The number of aryl methyl sites for hydroxylation is 1. The van der Waals surface area contributed by atoms with Crippen LogP contribution in [0.5, 0.6) is 0 Å². The molecule has 76 valence electrons. The maximum atomic E-state index is 13.1. The summed E-state index contributed by atoms with van der Waals surface area (Å²) in [6, 6.07) is 2.85. The van der Waals surface area contributed by atoms with E-state index in [-0.39, 0.29) is 5.82 Å². The van der Waals surface area contributed by atoms with Gasteiger partial charge in [0.15, 0.2) is 6.29 Å². The Morgan fingerprint density at radius 3 is 2.43 bits per heavy atom. The van der Waals surface area contributed by atoms with Gasteiger partial charge in [0.2, 0.25) is 0 Å². The molecule has 0 radical (unpaired) electrons. The van der Waals surface area contributed by atoms with Crippen molar-refractivity contribution >= 4 is 6.29 Å². The zero-order valence-electron chi connectivity index (χ0n) is 8.60. The number of nitrogens with two attached hydrogens (primary N) is 1. The van der Waals surface area contributed by atoms with Crippen molar-refractivity contribution in [1.29, 1.82) is 0 Å². The normalized spacial score (nSPS) is 11.5. The molecular formula is C11H14FNO. The largest absolute Gasteiger partial charge is 0.322 e. The summed E-state index contributed by atoms with van der Waals surface area (Å²) in [5.74, 6) is -0.375. The fourth-order valence-electron chi connectivity index (χ4n) is 1.35. The average molecular weight is 195 g/mol. The first-order chi connectivity index (χ1) is 6.36. The van der Waals surface area contributed by atoms with E-state index in [1.807, 2.05) is 0 Å². The summed E-state index contributed by atoms with van der Waals surface area (Å²) in [5.41, 5.74) is 6.74. The molecular weight excluding hydrogens is 181 g/mol. The van der Waals surface area contributed by atoms with Gasteiger partial charge in [-0.2, -0.15) is 0 Å². The number of aldehydes is 1. The predicted octanol–water partition coefficient (Wildman–Crippen LogP) is 2.14. The molecule has 0 amide bonds. The molecule has 2 nitrogen and oxygen atoms in total. The quantitative estimate of drug-likeness (QED) is 0.735. The lowest BCUT2D eigenvalue weighted by atomic mass is 9.90. The average Bonchev–Trinajstić information content (AvgIpc) is 2.07. The van der Waals surface area contributed by atoms with Crippen LogP contribution < -0.4 is 5.73 Å². The molecule has 1 rings (SSSR count). The lowest BCUT2D eigenvalue weighted by Crippen LogP contribution is -2.30. The van der Waals surface area contributed by atoms with Crippen molar-refractivity contribution in [1.82, 2.24) is 0 Å². The highest BCUT2D eigenvalue weighted by Crippen LogP contribution is 2.23. The number of carbonyl (C=O) groups excluding carboxylic acids is 1. The minimum absolute atomic E-state index is 0.320. The molecule has 0 spiro atoms. The van der Waals surface area contributed by atoms with E-state index in [0.717, 1.165) is 0 Å². The monoisotopic (exact) mass is 195 g/mol. The Balaban J connectivity index is 3.42. The first-order valence-corrected chi connectivity index (χ1v) is 4.41. The predicted molar refractivity (Wildman–Crippen MR) is 53.7 cm³/mol. The Labute approximate surface area is 82.9 Å². The summed E-state index contributed by atoms with van der Waals surface area (Å²) in [4.78, 5) is 10.7. The Bertz CT molecular complexity index is 366. The van der Waals surface area contributed by atoms with Crippen molar-refractivity contribution in [2.75, 3.05) is 0 Å². The number of halogens is 1. The van der Waals surface area contributed by atoms with E-state index >= 15 is 0 Å². The second-order valence-electron chi connectivity index (χ2n) is 4.03. The first-order valence-electron chi connectivity index (χ1n) is 4.41. The van der Waals surface area contributed by atoms with E-state index in [1.54, 1.807) is 26.8 Å². The molecule has 0 heterocycles. The van der Waals surface area contributed by atoms with Crippen LogP contribution in [0.25, 0.3) is 0 Å². The number of hydrogen-bond donors (Lipinski definition) is 1. The summed E-state index contributed by atoms with van der Waals surface area (Å²) in [5, 5.41) is 0. The Morgan fingerprint density at radius 2 is 2.00 bits per heavy atom. The highest BCUT2D eigenvalue weighted by atomic mass is 19.1. The van der Waals surface area contributed by atoms with Crippen LogP contribution in [-0.2, 0) is 5.54 Å². The van der Waals surface area contributed by atoms with Crippen molar-refractivity contribution in [3.05, 3.63) is 34.6 Å². The molecule has 14 heavy (non-hydrogen) atoms. The Kier molecular flexibility index (Phi) is 2.71. The molecule has 0 atom stereocenters. The lowest BCUT2D eigenvalue weighted by molar-refractivity contribution is 0.112. The molecule has 0 aromatic heterocycles. The zero-order chi connectivity index (χ0) is 10.9. The van der Waals surface area contributed by atoms with Crippen LogP contribution in [0.3, 0.4) is 0 Å². The van der Waals surface area contributed by atoms with Gasteiger partial charge < -0.3 is 5.73 Å². The standard InChI is InChI=1S/C11H14FNO/c1-7-4-9(11(2,3)13)8(6-14)5-10(7)12/h4-6H,13H2,1-3H3. The van der Waals surface area contributed by atoms with E-state index in [9.17, 15) is 9.18 Å². The molecule has 0 saturated carbocycles. The fraction of sp³-hybridized carbons (Fsp3) is 0.364. The number of rotatable bonds is 2. The van der Waals surface area contributed by atoms with Gasteiger partial charge in [0.25, 0.3) is 0 Å². The van der Waals surface area contributed by atoms with E-state index < -0.39 is 5.54 Å². The van der Waals surface area contributed by atoms with Gasteiger partial charge in [0, 0.05) is 11.1 Å². The van der Waals surface area contributed by atoms with Crippen molar-refractivity contribution in [3.63, 3.8) is 0 Å². The molecule has 1 aromatic rings. The SMILES string of the molecule is Cc1cc(C(C)(C)N)c(C=O)cc1F. The van der Waals surface area contributed by atoms with Gasteiger partial charge in [-0.3, -0.25) is 4.79 Å². The smallest absolute Gasteiger partial charge is 0.150 e. The van der Waals surface area contributed by atoms with Crippen LogP contribution in [-0.4, -0.2) is 6.29 Å². The first kappa shape index (κ1) is 10.9. The molecule has 1 aromatic carbocycles. The summed E-state index contributed by atoms with van der Waals surface area (Å²) < 4.78 is 13.1. The van der Waals surface area contributed by atoms with Crippen molar-refractivity contribution in [2.45, 2.75) is 26.3 Å². The maximum absolute atomic E-state index is 13.1. The molecule has 3 heteroatoms. The molecule has 2 N–H and O–H groups in total. The Hall–Kier alpha value is -1.22. The molecule has 0 bridgehead atoms. The van der Waals surface area contributed by atoms with Gasteiger partial charge in [-0.1, -0.05) is 6.07 Å². The van der Waals surface area contributed by atoms with Gasteiger partial charge in [0.1, 0.15) is 5.82 Å². The number of carbonyl (C=O) groups is 1. The van der Waals surface area contributed by atoms with Crippen LogP contribution in [0.15, 0.2) is 12.1 Å². The fourth-order valence-corrected chi connectivity index (χ4v) is 1.35. The summed E-state index contributed by atoms with van der Waals surface area (Å²) >= 11 is 0. The van der Waals surface area contributed by atoms with Crippen LogP contribution in [0.1, 0.15) is 35.3 Å². The molecule has 0 fully saturated rings. The van der Waals surface area contributed by atoms with Gasteiger partial charge >= 0.3 is 0 Å². The second kappa shape index (κ2) is 3.50. The second-order valence-corrected chi connectivity index (χ2v) is 4.03. The van der Waals surface area contributed by atoms with E-state index in [1.165, 1.54) is 6.07 Å². The van der Waals surface area contributed by atoms with E-state index in [4.69, 9.17) is 5.73 Å². The number of benzene rings is 1. The van der Waals surface area contributed by atoms with Gasteiger partial charge in [-0.25, -0.2) is 4.39 Å². The molecule has 0 saturated heterocycles. The molecule has 0 aliphatic carbocycles. The summed E-state index contributed by atoms with van der Waals surface area (Å²) in [7, 11) is 0. The minimum atomic E-state index is -0.630. The van der Waals surface area contributed by atoms with E-state index in [0.29, 0.717) is 23.0 Å². The molecule has 0 unspecified atom stereocenters. The summed E-state index contributed by atoms with van der Waals surface area (Å²) in [6.45, 7) is 5.22. The van der Waals surface area contributed by atoms with Crippen molar-refractivity contribution in [2.24, 2.45) is 5.73 Å². The van der Waals surface area contributed by atoms with Gasteiger partial charge in [-0.05, 0) is 38.0 Å². The lowest BCUT2D eigenvalue weighted by Gasteiger charge is -2.21. The molecule has 0 aliphatic heterocycles. The number of hydrogen-bond acceptors (Lipinski definition) is 2. The van der Waals surface area contributed by atoms with Crippen molar-refractivity contribution in [3.8, 4) is 0 Å². The maximum Gasteiger partial charge on any atom is 0.150 e. The van der Waals surface area contributed by atoms with Crippen LogP contribution in [0.2, 0.25) is 0 Å².